The molecule has 17 heavy (non-hydrogen) atoms. The van der Waals surface area contributed by atoms with E-state index in [4.69, 9.17) is 16.3 Å². The summed E-state index contributed by atoms with van der Waals surface area (Å²) in [5.41, 5.74) is 1.31. The van der Waals surface area contributed by atoms with Crippen LogP contribution in [0.25, 0.3) is 0 Å². The predicted octanol–water partition coefficient (Wildman–Crippen LogP) is 4.18. The second kappa shape index (κ2) is 4.75. The van der Waals surface area contributed by atoms with Crippen LogP contribution in [0.1, 0.15) is 18.4 Å². The number of hydrogen-bond acceptors (Lipinski definition) is 1. The highest BCUT2D eigenvalue weighted by atomic mass is 35.5. The second-order valence-electron chi connectivity index (χ2n) is 5.88. The fourth-order valence-corrected chi connectivity index (χ4v) is 5.56. The molecule has 1 nitrogen and oxygen atoms in total. The van der Waals surface area contributed by atoms with Crippen LogP contribution < -0.4 is 0 Å². The summed E-state index contributed by atoms with van der Waals surface area (Å²) in [6, 6.07) is 10.6. The van der Waals surface area contributed by atoms with Gasteiger partial charge in [0.25, 0.3) is 0 Å². The minimum absolute atomic E-state index is 0.112. The molecule has 0 amide bonds. The van der Waals surface area contributed by atoms with Crippen LogP contribution in [0, 0.1) is 0 Å². The molecule has 2 atom stereocenters. The summed E-state index contributed by atoms with van der Waals surface area (Å²) in [6.07, 6.45) is 1.93. The van der Waals surface area contributed by atoms with Gasteiger partial charge >= 0.3 is 0 Å². The molecule has 1 aliphatic rings. The van der Waals surface area contributed by atoms with Gasteiger partial charge in [0.05, 0.1) is 13.3 Å². The van der Waals surface area contributed by atoms with Crippen LogP contribution in [0.5, 0.6) is 0 Å². The molecule has 2 rings (SSSR count). The van der Waals surface area contributed by atoms with E-state index in [1.807, 2.05) is 0 Å². The lowest BCUT2D eigenvalue weighted by molar-refractivity contribution is -0.0279. The quantitative estimate of drug-likeness (QED) is 0.578. The number of rotatable bonds is 2. The summed E-state index contributed by atoms with van der Waals surface area (Å²) >= 11 is 6.40. The molecular weight excluding hydrogens is 248 g/mol. The smallest absolute Gasteiger partial charge is 0.0882 e. The van der Waals surface area contributed by atoms with Crippen LogP contribution in [0.4, 0.5) is 0 Å². The van der Waals surface area contributed by atoms with Crippen molar-refractivity contribution in [3.8, 4) is 0 Å². The molecule has 1 saturated heterocycles. The highest BCUT2D eigenvalue weighted by molar-refractivity contribution is 6.78. The van der Waals surface area contributed by atoms with Gasteiger partial charge in [-0.1, -0.05) is 50.0 Å². The summed E-state index contributed by atoms with van der Waals surface area (Å²) in [5, 5.41) is 0.134. The molecule has 1 heterocycles. The Morgan fingerprint density at radius 3 is 2.41 bits per heavy atom. The normalized spacial score (nSPS) is 30.2. The van der Waals surface area contributed by atoms with Crippen molar-refractivity contribution >= 4 is 19.7 Å². The van der Waals surface area contributed by atoms with Crippen LogP contribution in [0.2, 0.25) is 19.6 Å². The van der Waals surface area contributed by atoms with Crippen molar-refractivity contribution in [1.82, 2.24) is 0 Å². The van der Waals surface area contributed by atoms with Crippen molar-refractivity contribution in [2.75, 3.05) is 6.61 Å². The number of alkyl halides is 1. The molecule has 0 aliphatic carbocycles. The van der Waals surface area contributed by atoms with Crippen LogP contribution in [0.15, 0.2) is 30.3 Å². The predicted molar refractivity (Wildman–Crippen MR) is 76.3 cm³/mol. The van der Waals surface area contributed by atoms with Crippen molar-refractivity contribution in [3.63, 3.8) is 0 Å². The molecule has 3 heteroatoms. The van der Waals surface area contributed by atoms with Gasteiger partial charge in [0.15, 0.2) is 0 Å². The molecular formula is C14H21ClOSi. The molecule has 0 aromatic heterocycles. The zero-order valence-electron chi connectivity index (χ0n) is 10.9. The Morgan fingerprint density at radius 2 is 1.88 bits per heavy atom. The first kappa shape index (κ1) is 13.1. The van der Waals surface area contributed by atoms with Gasteiger partial charge in [-0.25, -0.2) is 0 Å². The van der Waals surface area contributed by atoms with Crippen molar-refractivity contribution in [2.45, 2.75) is 43.1 Å². The van der Waals surface area contributed by atoms with Gasteiger partial charge in [0.1, 0.15) is 0 Å². The fraction of sp³-hybridized carbons (Fsp3) is 0.571. The molecule has 1 aromatic rings. The Bertz CT molecular complexity index is 374. The maximum Gasteiger partial charge on any atom is 0.0882 e. The number of hydrogen-bond donors (Lipinski definition) is 0. The zero-order chi connectivity index (χ0) is 12.5. The van der Waals surface area contributed by atoms with E-state index < -0.39 is 8.07 Å². The Labute approximate surface area is 110 Å². The van der Waals surface area contributed by atoms with Gasteiger partial charge in [-0.15, -0.1) is 11.6 Å². The van der Waals surface area contributed by atoms with E-state index in [1.165, 1.54) is 5.56 Å². The fourth-order valence-electron chi connectivity index (χ4n) is 2.70. The molecule has 0 saturated carbocycles. The lowest BCUT2D eigenvalue weighted by Gasteiger charge is -2.47. The van der Waals surface area contributed by atoms with Crippen LogP contribution in [-0.4, -0.2) is 20.1 Å². The molecule has 0 bridgehead atoms. The molecule has 1 aliphatic heterocycles. The lowest BCUT2D eigenvalue weighted by atomic mass is 10.00. The third-order valence-electron chi connectivity index (χ3n) is 3.74. The average Bonchev–Trinajstić information content (AvgIpc) is 2.28. The van der Waals surface area contributed by atoms with Gasteiger partial charge in [0, 0.05) is 12.0 Å². The molecule has 94 valence electrons. The Hall–Kier alpha value is -0.313. The van der Waals surface area contributed by atoms with Gasteiger partial charge < -0.3 is 4.74 Å². The molecule has 2 unspecified atom stereocenters. The maximum absolute atomic E-state index is 6.40. The SMILES string of the molecule is C[Si](C)(C)C1(c2ccccc2)CC(Cl)CCO1. The first-order valence-electron chi connectivity index (χ1n) is 6.29. The molecule has 0 N–H and O–H groups in total. The van der Waals surface area contributed by atoms with Crippen molar-refractivity contribution in [1.29, 1.82) is 0 Å². The highest BCUT2D eigenvalue weighted by Crippen LogP contribution is 2.43. The summed E-state index contributed by atoms with van der Waals surface area (Å²) < 4.78 is 6.26. The monoisotopic (exact) mass is 268 g/mol. The molecule has 0 spiro atoms. The van der Waals surface area contributed by atoms with Gasteiger partial charge in [-0.2, -0.15) is 0 Å². The van der Waals surface area contributed by atoms with E-state index in [1.54, 1.807) is 0 Å². The van der Waals surface area contributed by atoms with Crippen LogP contribution in [0.3, 0.4) is 0 Å². The maximum atomic E-state index is 6.40. The summed E-state index contributed by atoms with van der Waals surface area (Å²) in [4.78, 5) is 0. The number of ether oxygens (including phenoxy) is 1. The van der Waals surface area contributed by atoms with Gasteiger partial charge in [-0.3, -0.25) is 0 Å². The molecule has 1 fully saturated rings. The van der Waals surface area contributed by atoms with Crippen molar-refractivity contribution < 1.29 is 4.74 Å². The molecule has 1 aromatic carbocycles. The number of benzene rings is 1. The third kappa shape index (κ3) is 2.44. The Morgan fingerprint density at radius 1 is 1.24 bits per heavy atom. The Kier molecular flexibility index (Phi) is 3.67. The largest absolute Gasteiger partial charge is 0.374 e. The van der Waals surface area contributed by atoms with E-state index >= 15 is 0 Å². The topological polar surface area (TPSA) is 9.23 Å². The zero-order valence-corrected chi connectivity index (χ0v) is 12.6. The van der Waals surface area contributed by atoms with Gasteiger partial charge in [-0.05, 0) is 18.4 Å². The van der Waals surface area contributed by atoms with E-state index in [2.05, 4.69) is 50.0 Å². The first-order chi connectivity index (χ1) is 7.96. The van der Waals surface area contributed by atoms with Crippen LogP contribution >= 0.6 is 11.6 Å². The van der Waals surface area contributed by atoms with Crippen molar-refractivity contribution in [3.05, 3.63) is 35.9 Å². The minimum atomic E-state index is -1.50. The first-order valence-corrected chi connectivity index (χ1v) is 10.2. The van der Waals surface area contributed by atoms with E-state index in [0.717, 1.165) is 19.4 Å². The van der Waals surface area contributed by atoms with E-state index in [-0.39, 0.29) is 10.6 Å². The standard InChI is InChI=1S/C14H21ClOSi/c1-17(2,3)14(11-13(15)9-10-16-14)12-7-5-4-6-8-12/h4-8,13H,9-11H2,1-3H3. The van der Waals surface area contributed by atoms with Crippen molar-refractivity contribution in [2.24, 2.45) is 0 Å². The second-order valence-corrected chi connectivity index (χ2v) is 11.8. The average molecular weight is 269 g/mol. The number of halogens is 1. The van der Waals surface area contributed by atoms with E-state index in [9.17, 15) is 0 Å². The Balaban J connectivity index is 2.44. The highest BCUT2D eigenvalue weighted by Gasteiger charge is 2.48. The molecule has 0 radical (unpaired) electrons. The van der Waals surface area contributed by atoms with E-state index in [0.29, 0.717) is 0 Å². The lowest BCUT2D eigenvalue weighted by Crippen LogP contribution is -2.55. The summed E-state index contributed by atoms with van der Waals surface area (Å²) in [5.74, 6) is 0. The minimum Gasteiger partial charge on any atom is -0.374 e. The van der Waals surface area contributed by atoms with Crippen LogP contribution in [-0.2, 0) is 9.96 Å². The summed E-state index contributed by atoms with van der Waals surface area (Å²) in [7, 11) is -1.50. The summed E-state index contributed by atoms with van der Waals surface area (Å²) in [6.45, 7) is 7.89. The van der Waals surface area contributed by atoms with Gasteiger partial charge in [0.2, 0.25) is 0 Å². The third-order valence-corrected chi connectivity index (χ3v) is 7.17.